The number of halogens is 1. The zero-order valence-electron chi connectivity index (χ0n) is 6.65. The lowest BCUT2D eigenvalue weighted by molar-refractivity contribution is 0.0995. The maximum absolute atomic E-state index is 11.0. The van der Waals surface area contributed by atoms with Crippen molar-refractivity contribution >= 4 is 18.2 Å². The van der Waals surface area contributed by atoms with E-state index in [4.69, 9.17) is 5.73 Å². The number of nitrogens with zero attached hydrogens (tertiary/aromatic N) is 2. The van der Waals surface area contributed by atoms with E-state index in [2.05, 4.69) is 9.97 Å². The first kappa shape index (κ1) is 11.0. The fourth-order valence-corrected chi connectivity index (χ4v) is 0.778. The Morgan fingerprint density at radius 3 is 2.58 bits per heavy atom. The molecule has 0 spiro atoms. The van der Waals surface area contributed by atoms with Gasteiger partial charge in [-0.05, 0) is 6.92 Å². The van der Waals surface area contributed by atoms with Crippen LogP contribution in [0, 0.1) is 6.92 Å². The van der Waals surface area contributed by atoms with Gasteiger partial charge in [-0.25, -0.2) is 4.98 Å². The standard InChI is InChI=1S/C7H9N3O.ClH/c1-5-7(6(11)4-8)10-3-2-9-5;/h2-3H,4,8H2,1H3;1H. The van der Waals surface area contributed by atoms with Crippen molar-refractivity contribution in [2.75, 3.05) is 6.54 Å². The number of aromatic nitrogens is 2. The fourth-order valence-electron chi connectivity index (χ4n) is 0.778. The maximum Gasteiger partial charge on any atom is 0.196 e. The lowest BCUT2D eigenvalue weighted by Gasteiger charge is -1.98. The Bertz CT molecular complexity index is 277. The molecule has 1 rings (SSSR count). The zero-order valence-corrected chi connectivity index (χ0v) is 7.47. The van der Waals surface area contributed by atoms with Gasteiger partial charge in [0.05, 0.1) is 12.2 Å². The molecule has 0 unspecified atom stereocenters. The van der Waals surface area contributed by atoms with Gasteiger partial charge in [-0.15, -0.1) is 12.4 Å². The fraction of sp³-hybridized carbons (Fsp3) is 0.286. The number of aryl methyl sites for hydroxylation is 1. The van der Waals surface area contributed by atoms with Crippen LogP contribution in [0.1, 0.15) is 16.2 Å². The summed E-state index contributed by atoms with van der Waals surface area (Å²) in [4.78, 5) is 18.8. The number of nitrogens with two attached hydrogens (primary N) is 1. The van der Waals surface area contributed by atoms with Gasteiger partial charge in [-0.1, -0.05) is 0 Å². The van der Waals surface area contributed by atoms with Crippen molar-refractivity contribution in [2.24, 2.45) is 5.73 Å². The highest BCUT2D eigenvalue weighted by atomic mass is 35.5. The van der Waals surface area contributed by atoms with Gasteiger partial charge in [0.2, 0.25) is 0 Å². The maximum atomic E-state index is 11.0. The highest BCUT2D eigenvalue weighted by molar-refractivity contribution is 5.96. The van der Waals surface area contributed by atoms with Gasteiger partial charge in [0.25, 0.3) is 0 Å². The summed E-state index contributed by atoms with van der Waals surface area (Å²) in [6.45, 7) is 1.72. The summed E-state index contributed by atoms with van der Waals surface area (Å²) in [6, 6.07) is 0. The molecule has 0 radical (unpaired) electrons. The molecule has 5 heteroatoms. The van der Waals surface area contributed by atoms with Crippen LogP contribution >= 0.6 is 12.4 Å². The molecule has 1 aromatic heterocycles. The second-order valence-electron chi connectivity index (χ2n) is 2.12. The van der Waals surface area contributed by atoms with Crippen molar-refractivity contribution < 1.29 is 4.79 Å². The number of rotatable bonds is 2. The molecule has 4 nitrogen and oxygen atoms in total. The van der Waals surface area contributed by atoms with Crippen LogP contribution in [0.3, 0.4) is 0 Å². The molecule has 0 fully saturated rings. The average Bonchev–Trinajstić information content (AvgIpc) is 2.04. The highest BCUT2D eigenvalue weighted by Crippen LogP contribution is 1.98. The first-order valence-electron chi connectivity index (χ1n) is 3.26. The van der Waals surface area contributed by atoms with E-state index < -0.39 is 0 Å². The molecule has 1 heterocycles. The van der Waals surface area contributed by atoms with Crippen LogP contribution in [0.25, 0.3) is 0 Å². The topological polar surface area (TPSA) is 68.9 Å². The Hall–Kier alpha value is -1.00. The first-order chi connectivity index (χ1) is 5.25. The summed E-state index contributed by atoms with van der Waals surface area (Å²) in [6.07, 6.45) is 3.03. The largest absolute Gasteiger partial charge is 0.324 e. The molecule has 0 atom stereocenters. The third-order valence-electron chi connectivity index (χ3n) is 1.33. The molecule has 2 N–H and O–H groups in total. The molecule has 0 aliphatic rings. The van der Waals surface area contributed by atoms with Crippen molar-refractivity contribution in [2.45, 2.75) is 6.92 Å². The van der Waals surface area contributed by atoms with E-state index in [1.165, 1.54) is 6.20 Å². The minimum Gasteiger partial charge on any atom is -0.324 e. The van der Waals surface area contributed by atoms with Crippen LogP contribution in [-0.2, 0) is 0 Å². The normalized spacial score (nSPS) is 8.83. The summed E-state index contributed by atoms with van der Waals surface area (Å²) in [7, 11) is 0. The van der Waals surface area contributed by atoms with Crippen LogP contribution in [0.2, 0.25) is 0 Å². The van der Waals surface area contributed by atoms with Crippen molar-refractivity contribution in [3.63, 3.8) is 0 Å². The third kappa shape index (κ3) is 2.25. The number of hydrogen-bond donors (Lipinski definition) is 1. The molecule has 0 aliphatic heterocycles. The number of carbonyl (C=O) groups excluding carboxylic acids is 1. The lowest BCUT2D eigenvalue weighted by atomic mass is 10.2. The van der Waals surface area contributed by atoms with Crippen LogP contribution < -0.4 is 5.73 Å². The van der Waals surface area contributed by atoms with Crippen molar-refractivity contribution in [1.29, 1.82) is 0 Å². The zero-order chi connectivity index (χ0) is 8.27. The van der Waals surface area contributed by atoms with Crippen LogP contribution in [-0.4, -0.2) is 22.3 Å². The Morgan fingerprint density at radius 2 is 2.08 bits per heavy atom. The summed E-state index contributed by atoms with van der Waals surface area (Å²) >= 11 is 0. The summed E-state index contributed by atoms with van der Waals surface area (Å²) in [5, 5.41) is 0. The highest BCUT2D eigenvalue weighted by Gasteiger charge is 2.07. The monoisotopic (exact) mass is 187 g/mol. The van der Waals surface area contributed by atoms with Crippen LogP contribution in [0.4, 0.5) is 0 Å². The van der Waals surface area contributed by atoms with E-state index >= 15 is 0 Å². The SMILES string of the molecule is Cc1nccnc1C(=O)CN.Cl. The second kappa shape index (κ2) is 4.79. The van der Waals surface area contributed by atoms with E-state index in [1.807, 2.05) is 0 Å². The van der Waals surface area contributed by atoms with E-state index in [0.29, 0.717) is 11.4 Å². The Labute approximate surface area is 76.6 Å². The van der Waals surface area contributed by atoms with E-state index in [1.54, 1.807) is 13.1 Å². The van der Waals surface area contributed by atoms with Crippen LogP contribution in [0.5, 0.6) is 0 Å². The summed E-state index contributed by atoms with van der Waals surface area (Å²) in [5.41, 5.74) is 6.15. The molecular weight excluding hydrogens is 178 g/mol. The van der Waals surface area contributed by atoms with Crippen LogP contribution in [0.15, 0.2) is 12.4 Å². The average molecular weight is 188 g/mol. The molecule has 0 saturated carbocycles. The Balaban J connectivity index is 0.00000121. The molecule has 66 valence electrons. The molecule has 1 aromatic rings. The van der Waals surface area contributed by atoms with Gasteiger partial charge in [-0.3, -0.25) is 9.78 Å². The third-order valence-corrected chi connectivity index (χ3v) is 1.33. The minimum atomic E-state index is -0.171. The number of carbonyl (C=O) groups is 1. The van der Waals surface area contributed by atoms with E-state index in [0.717, 1.165) is 0 Å². The van der Waals surface area contributed by atoms with Crippen molar-refractivity contribution in [3.8, 4) is 0 Å². The number of ketones is 1. The van der Waals surface area contributed by atoms with Gasteiger partial charge in [0.1, 0.15) is 5.69 Å². The molecule has 0 aliphatic carbocycles. The predicted molar refractivity (Wildman–Crippen MR) is 47.4 cm³/mol. The molecule has 12 heavy (non-hydrogen) atoms. The second-order valence-corrected chi connectivity index (χ2v) is 2.12. The summed E-state index contributed by atoms with van der Waals surface area (Å²) in [5.74, 6) is -0.171. The van der Waals surface area contributed by atoms with Crippen molar-refractivity contribution in [3.05, 3.63) is 23.8 Å². The molecule has 0 bridgehead atoms. The smallest absolute Gasteiger partial charge is 0.196 e. The predicted octanol–water partition coefficient (Wildman–Crippen LogP) is 0.348. The minimum absolute atomic E-state index is 0. The molecule has 0 amide bonds. The Kier molecular flexibility index (Phi) is 4.39. The van der Waals surface area contributed by atoms with Crippen molar-refractivity contribution in [1.82, 2.24) is 9.97 Å². The van der Waals surface area contributed by atoms with E-state index in [-0.39, 0.29) is 24.7 Å². The van der Waals surface area contributed by atoms with Gasteiger partial charge in [-0.2, -0.15) is 0 Å². The number of Topliss-reactive ketones (excluding diaryl/α,β-unsaturated/α-hetero) is 1. The first-order valence-corrected chi connectivity index (χ1v) is 3.26. The molecular formula is C7H10ClN3O. The van der Waals surface area contributed by atoms with Gasteiger partial charge in [0.15, 0.2) is 5.78 Å². The molecule has 0 aromatic carbocycles. The number of hydrogen-bond acceptors (Lipinski definition) is 4. The van der Waals surface area contributed by atoms with Gasteiger partial charge in [0, 0.05) is 12.4 Å². The Morgan fingerprint density at radius 1 is 1.50 bits per heavy atom. The van der Waals surface area contributed by atoms with E-state index in [9.17, 15) is 4.79 Å². The van der Waals surface area contributed by atoms with Gasteiger partial charge < -0.3 is 5.73 Å². The molecule has 0 saturated heterocycles. The lowest BCUT2D eigenvalue weighted by Crippen LogP contribution is -2.16. The quantitative estimate of drug-likeness (QED) is 0.679. The van der Waals surface area contributed by atoms with Gasteiger partial charge >= 0.3 is 0 Å². The summed E-state index contributed by atoms with van der Waals surface area (Å²) < 4.78 is 0.